The highest BCUT2D eigenvalue weighted by Crippen LogP contribution is 2.21. The smallest absolute Gasteiger partial charge is 0.281 e. The van der Waals surface area contributed by atoms with E-state index in [1.165, 1.54) is 20.3 Å². The Balaban J connectivity index is 2.70. The summed E-state index contributed by atoms with van der Waals surface area (Å²) in [6.45, 7) is 0. The molecule has 0 fully saturated rings. The van der Waals surface area contributed by atoms with Crippen LogP contribution in [0.15, 0.2) is 24.3 Å². The first-order chi connectivity index (χ1) is 7.19. The Labute approximate surface area is 87.6 Å². The van der Waals surface area contributed by atoms with Gasteiger partial charge < -0.3 is 19.9 Å². The lowest BCUT2D eigenvalue weighted by Crippen LogP contribution is -2.30. The third-order valence-electron chi connectivity index (χ3n) is 1.80. The van der Waals surface area contributed by atoms with Gasteiger partial charge in [-0.1, -0.05) is 12.1 Å². The van der Waals surface area contributed by atoms with E-state index in [2.05, 4.69) is 5.32 Å². The molecule has 2 N–H and O–H groups in total. The van der Waals surface area contributed by atoms with Gasteiger partial charge in [-0.15, -0.1) is 0 Å². The summed E-state index contributed by atoms with van der Waals surface area (Å²) in [5.74, 6) is -0.474. The minimum absolute atomic E-state index is 0.00296. The summed E-state index contributed by atoms with van der Waals surface area (Å²) in [6, 6.07) is 6.42. The van der Waals surface area contributed by atoms with Crippen molar-refractivity contribution in [2.24, 2.45) is 0 Å². The van der Waals surface area contributed by atoms with Crippen molar-refractivity contribution in [1.82, 2.24) is 0 Å². The molecule has 0 saturated heterocycles. The number of nitrogens with one attached hydrogen (secondary N) is 1. The predicted octanol–water partition coefficient (Wildman–Crippen LogP) is 0.950. The van der Waals surface area contributed by atoms with Crippen LogP contribution in [-0.2, 0) is 14.3 Å². The summed E-state index contributed by atoms with van der Waals surface area (Å²) in [5, 5.41) is 11.9. The van der Waals surface area contributed by atoms with Crippen LogP contribution >= 0.6 is 0 Å². The lowest BCUT2D eigenvalue weighted by atomic mass is 10.3. The van der Waals surface area contributed by atoms with Crippen LogP contribution in [-0.4, -0.2) is 31.5 Å². The zero-order valence-corrected chi connectivity index (χ0v) is 8.56. The molecule has 1 amide bonds. The van der Waals surface area contributed by atoms with Crippen LogP contribution in [0.1, 0.15) is 0 Å². The number of phenolic OH excluding ortho intramolecular Hbond substituents is 1. The highest BCUT2D eigenvalue weighted by atomic mass is 16.7. The molecular weight excluding hydrogens is 198 g/mol. The number of phenols is 1. The number of rotatable bonds is 4. The van der Waals surface area contributed by atoms with E-state index in [0.29, 0.717) is 5.69 Å². The van der Waals surface area contributed by atoms with E-state index in [4.69, 9.17) is 9.47 Å². The Morgan fingerprint density at radius 3 is 2.47 bits per heavy atom. The molecule has 0 radical (unpaired) electrons. The fraction of sp³-hybridized carbons (Fsp3) is 0.300. The van der Waals surface area contributed by atoms with E-state index in [1.54, 1.807) is 18.2 Å². The Hall–Kier alpha value is -1.59. The van der Waals surface area contributed by atoms with Gasteiger partial charge in [-0.2, -0.15) is 0 Å². The zero-order chi connectivity index (χ0) is 11.3. The quantitative estimate of drug-likeness (QED) is 0.574. The summed E-state index contributed by atoms with van der Waals surface area (Å²) in [4.78, 5) is 11.5. The SMILES string of the molecule is COC(OC)C(=O)Nc1ccccc1O. The van der Waals surface area contributed by atoms with Crippen molar-refractivity contribution in [3.05, 3.63) is 24.3 Å². The fourth-order valence-electron chi connectivity index (χ4n) is 1.08. The van der Waals surface area contributed by atoms with Crippen molar-refractivity contribution >= 4 is 11.6 Å². The largest absolute Gasteiger partial charge is 0.506 e. The summed E-state index contributed by atoms with van der Waals surface area (Å²) < 4.78 is 9.51. The molecule has 0 saturated carbocycles. The van der Waals surface area contributed by atoms with Crippen molar-refractivity contribution in [2.75, 3.05) is 19.5 Å². The zero-order valence-electron chi connectivity index (χ0n) is 8.56. The summed E-state index contributed by atoms with van der Waals surface area (Å²) in [6.07, 6.45) is -0.982. The number of anilines is 1. The van der Waals surface area contributed by atoms with Gasteiger partial charge in [-0.05, 0) is 12.1 Å². The molecule has 1 aromatic rings. The number of hydrogen-bond acceptors (Lipinski definition) is 4. The van der Waals surface area contributed by atoms with E-state index < -0.39 is 12.2 Å². The first kappa shape index (κ1) is 11.5. The molecule has 0 atom stereocenters. The Bertz CT molecular complexity index is 336. The summed E-state index contributed by atoms with van der Waals surface area (Å²) in [7, 11) is 2.72. The maximum atomic E-state index is 11.5. The number of para-hydroxylation sites is 2. The van der Waals surface area contributed by atoms with Crippen LogP contribution in [0.4, 0.5) is 5.69 Å². The number of carbonyl (C=O) groups excluding carboxylic acids is 1. The minimum atomic E-state index is -0.982. The molecule has 0 aliphatic rings. The van der Waals surface area contributed by atoms with E-state index in [9.17, 15) is 9.90 Å². The van der Waals surface area contributed by atoms with Gasteiger partial charge in [0.05, 0.1) is 5.69 Å². The molecule has 5 nitrogen and oxygen atoms in total. The molecule has 1 aromatic carbocycles. The minimum Gasteiger partial charge on any atom is -0.506 e. The number of hydrogen-bond donors (Lipinski definition) is 2. The number of methoxy groups -OCH3 is 2. The molecule has 0 aliphatic heterocycles. The molecule has 0 bridgehead atoms. The van der Waals surface area contributed by atoms with Gasteiger partial charge in [0.2, 0.25) is 6.29 Å². The number of benzene rings is 1. The van der Waals surface area contributed by atoms with Gasteiger partial charge in [0.1, 0.15) is 5.75 Å². The van der Waals surface area contributed by atoms with Crippen molar-refractivity contribution in [3.63, 3.8) is 0 Å². The normalized spacial score (nSPS) is 10.3. The lowest BCUT2D eigenvalue weighted by molar-refractivity contribution is -0.153. The second kappa shape index (κ2) is 5.33. The van der Waals surface area contributed by atoms with E-state index >= 15 is 0 Å². The van der Waals surface area contributed by atoms with E-state index in [1.807, 2.05) is 0 Å². The first-order valence-electron chi connectivity index (χ1n) is 4.33. The van der Waals surface area contributed by atoms with Crippen molar-refractivity contribution in [2.45, 2.75) is 6.29 Å². The molecule has 0 heterocycles. The monoisotopic (exact) mass is 211 g/mol. The summed E-state index contributed by atoms with van der Waals surface area (Å²) >= 11 is 0. The maximum Gasteiger partial charge on any atom is 0.281 e. The van der Waals surface area contributed by atoms with Crippen molar-refractivity contribution < 1.29 is 19.4 Å². The molecule has 0 spiro atoms. The van der Waals surface area contributed by atoms with Crippen molar-refractivity contribution in [3.8, 4) is 5.75 Å². The molecule has 0 aliphatic carbocycles. The van der Waals surface area contributed by atoms with Crippen LogP contribution in [0.25, 0.3) is 0 Å². The highest BCUT2D eigenvalue weighted by Gasteiger charge is 2.17. The Morgan fingerprint density at radius 1 is 1.33 bits per heavy atom. The maximum absolute atomic E-state index is 11.5. The third kappa shape index (κ3) is 2.93. The van der Waals surface area contributed by atoms with Gasteiger partial charge >= 0.3 is 0 Å². The topological polar surface area (TPSA) is 67.8 Å². The average Bonchev–Trinajstić information content (AvgIpc) is 2.23. The van der Waals surface area contributed by atoms with E-state index in [0.717, 1.165) is 0 Å². The third-order valence-corrected chi connectivity index (χ3v) is 1.80. The molecule has 82 valence electrons. The molecular formula is C10H13NO4. The molecule has 5 heteroatoms. The Morgan fingerprint density at radius 2 is 1.93 bits per heavy atom. The van der Waals surface area contributed by atoms with Crippen LogP contribution in [0.2, 0.25) is 0 Å². The molecule has 0 aromatic heterocycles. The number of ether oxygens (including phenoxy) is 2. The molecule has 1 rings (SSSR count). The molecule has 0 unspecified atom stereocenters. The molecule has 15 heavy (non-hydrogen) atoms. The van der Waals surface area contributed by atoms with Gasteiger partial charge in [0.15, 0.2) is 0 Å². The van der Waals surface area contributed by atoms with Gasteiger partial charge in [0.25, 0.3) is 5.91 Å². The predicted molar refractivity (Wildman–Crippen MR) is 54.5 cm³/mol. The fourth-order valence-corrected chi connectivity index (χ4v) is 1.08. The standard InChI is InChI=1S/C10H13NO4/c1-14-10(15-2)9(13)11-7-5-3-4-6-8(7)12/h3-6,10,12H,1-2H3,(H,11,13). The summed E-state index contributed by atoms with van der Waals surface area (Å²) in [5.41, 5.74) is 0.321. The first-order valence-corrected chi connectivity index (χ1v) is 4.33. The van der Waals surface area contributed by atoms with Gasteiger partial charge in [-0.3, -0.25) is 4.79 Å². The number of carbonyl (C=O) groups is 1. The van der Waals surface area contributed by atoms with Gasteiger partial charge in [0, 0.05) is 14.2 Å². The van der Waals surface area contributed by atoms with Crippen LogP contribution in [0.3, 0.4) is 0 Å². The number of amides is 1. The van der Waals surface area contributed by atoms with Crippen LogP contribution in [0.5, 0.6) is 5.75 Å². The van der Waals surface area contributed by atoms with E-state index in [-0.39, 0.29) is 5.75 Å². The number of aromatic hydroxyl groups is 1. The Kier molecular flexibility index (Phi) is 4.08. The van der Waals surface area contributed by atoms with Crippen LogP contribution in [0, 0.1) is 0 Å². The van der Waals surface area contributed by atoms with Crippen molar-refractivity contribution in [1.29, 1.82) is 0 Å². The second-order valence-electron chi connectivity index (χ2n) is 2.81. The average molecular weight is 211 g/mol. The second-order valence-corrected chi connectivity index (χ2v) is 2.81. The highest BCUT2D eigenvalue weighted by molar-refractivity contribution is 5.94. The lowest BCUT2D eigenvalue weighted by Gasteiger charge is -2.13. The van der Waals surface area contributed by atoms with Crippen LogP contribution < -0.4 is 5.32 Å². The van der Waals surface area contributed by atoms with Gasteiger partial charge in [-0.25, -0.2) is 0 Å².